The fraction of sp³-hybridized carbons (Fsp3) is 0.353. The summed E-state index contributed by atoms with van der Waals surface area (Å²) in [6, 6.07) is 14.0. The van der Waals surface area contributed by atoms with Crippen LogP contribution in [0.5, 0.6) is 0 Å². The largest absolute Gasteiger partial charge is 0.312 e. The molecule has 1 aromatic heterocycles. The van der Waals surface area contributed by atoms with E-state index in [1.54, 1.807) is 4.57 Å². The van der Waals surface area contributed by atoms with Gasteiger partial charge in [-0.25, -0.2) is 0 Å². The third-order valence-corrected chi connectivity index (χ3v) is 3.48. The number of hydrogen-bond acceptors (Lipinski definition) is 2. The first-order valence-corrected chi connectivity index (χ1v) is 7.19. The molecule has 1 aromatic carbocycles. The van der Waals surface area contributed by atoms with Gasteiger partial charge in [0.05, 0.1) is 5.69 Å². The van der Waals surface area contributed by atoms with Gasteiger partial charge in [-0.1, -0.05) is 49.7 Å². The van der Waals surface area contributed by atoms with Gasteiger partial charge in [0.1, 0.15) is 0 Å². The van der Waals surface area contributed by atoms with E-state index in [4.69, 9.17) is 0 Å². The summed E-state index contributed by atoms with van der Waals surface area (Å²) in [5, 5.41) is 3.32. The van der Waals surface area contributed by atoms with Gasteiger partial charge in [0.15, 0.2) is 0 Å². The van der Waals surface area contributed by atoms with E-state index >= 15 is 0 Å². The Labute approximate surface area is 120 Å². The Bertz CT molecular complexity index is 602. The van der Waals surface area contributed by atoms with E-state index in [2.05, 4.69) is 12.2 Å². The molecule has 0 aliphatic rings. The van der Waals surface area contributed by atoms with Crippen LogP contribution in [-0.2, 0) is 13.6 Å². The second kappa shape index (κ2) is 7.06. The van der Waals surface area contributed by atoms with E-state index in [0.29, 0.717) is 6.54 Å². The molecular formula is C17H22N2O. The molecule has 3 heteroatoms. The van der Waals surface area contributed by atoms with E-state index in [0.717, 1.165) is 36.2 Å². The summed E-state index contributed by atoms with van der Waals surface area (Å²) in [4.78, 5) is 12.3. The Balaban J connectivity index is 2.19. The summed E-state index contributed by atoms with van der Waals surface area (Å²) in [7, 11) is 1.83. The van der Waals surface area contributed by atoms with Gasteiger partial charge in [-0.05, 0) is 24.6 Å². The molecule has 0 fully saturated rings. The Kier molecular flexibility index (Phi) is 5.13. The predicted octanol–water partition coefficient (Wildman–Crippen LogP) is 2.94. The van der Waals surface area contributed by atoms with E-state index in [1.807, 2.05) is 49.5 Å². The van der Waals surface area contributed by atoms with Gasteiger partial charge in [-0.2, -0.15) is 0 Å². The Morgan fingerprint density at radius 2 is 1.85 bits per heavy atom. The SMILES string of the molecule is CCCCNCc1ccc(-c2ccccc2)n(C)c1=O. The first-order chi connectivity index (χ1) is 9.74. The first kappa shape index (κ1) is 14.5. The standard InChI is InChI=1S/C17H22N2O/c1-3-4-12-18-13-15-10-11-16(19(2)17(15)20)14-8-6-5-7-9-14/h5-11,18H,3-4,12-13H2,1-2H3. The van der Waals surface area contributed by atoms with Crippen LogP contribution in [0.4, 0.5) is 0 Å². The lowest BCUT2D eigenvalue weighted by atomic mass is 10.1. The molecule has 0 amide bonds. The van der Waals surface area contributed by atoms with Crippen LogP contribution in [0.25, 0.3) is 11.3 Å². The minimum atomic E-state index is 0.0790. The highest BCUT2D eigenvalue weighted by molar-refractivity contribution is 5.59. The Morgan fingerprint density at radius 1 is 1.10 bits per heavy atom. The molecule has 1 heterocycles. The van der Waals surface area contributed by atoms with Crippen LogP contribution in [0, 0.1) is 0 Å². The van der Waals surface area contributed by atoms with Crippen molar-refractivity contribution in [1.29, 1.82) is 0 Å². The predicted molar refractivity (Wildman–Crippen MR) is 83.7 cm³/mol. The van der Waals surface area contributed by atoms with Crippen LogP contribution in [0.2, 0.25) is 0 Å². The zero-order valence-corrected chi connectivity index (χ0v) is 12.2. The van der Waals surface area contributed by atoms with Crippen LogP contribution in [-0.4, -0.2) is 11.1 Å². The van der Waals surface area contributed by atoms with Crippen LogP contribution in [0.15, 0.2) is 47.3 Å². The second-order valence-corrected chi connectivity index (χ2v) is 5.00. The molecule has 3 nitrogen and oxygen atoms in total. The average molecular weight is 270 g/mol. The molecule has 2 aromatic rings. The Hall–Kier alpha value is -1.87. The second-order valence-electron chi connectivity index (χ2n) is 5.00. The maximum Gasteiger partial charge on any atom is 0.255 e. The number of aromatic nitrogens is 1. The topological polar surface area (TPSA) is 34.0 Å². The molecule has 0 bridgehead atoms. The third-order valence-electron chi connectivity index (χ3n) is 3.48. The number of rotatable bonds is 6. The van der Waals surface area contributed by atoms with E-state index < -0.39 is 0 Å². The van der Waals surface area contributed by atoms with Crippen LogP contribution < -0.4 is 10.9 Å². The highest BCUT2D eigenvalue weighted by atomic mass is 16.1. The van der Waals surface area contributed by atoms with Crippen LogP contribution in [0.3, 0.4) is 0 Å². The number of pyridine rings is 1. The summed E-state index contributed by atoms with van der Waals surface area (Å²) in [6.45, 7) is 3.76. The van der Waals surface area contributed by atoms with E-state index in [-0.39, 0.29) is 5.56 Å². The van der Waals surface area contributed by atoms with Crippen molar-refractivity contribution in [2.75, 3.05) is 6.54 Å². The first-order valence-electron chi connectivity index (χ1n) is 7.19. The number of nitrogens with zero attached hydrogens (tertiary/aromatic N) is 1. The molecule has 0 unspecified atom stereocenters. The molecule has 106 valence electrons. The highest BCUT2D eigenvalue weighted by Gasteiger charge is 2.06. The summed E-state index contributed by atoms with van der Waals surface area (Å²) >= 11 is 0. The smallest absolute Gasteiger partial charge is 0.255 e. The maximum absolute atomic E-state index is 12.3. The van der Waals surface area contributed by atoms with Gasteiger partial charge in [0.2, 0.25) is 0 Å². The van der Waals surface area contributed by atoms with Crippen molar-refractivity contribution in [1.82, 2.24) is 9.88 Å². The van der Waals surface area contributed by atoms with Gasteiger partial charge in [-0.3, -0.25) is 4.79 Å². The third kappa shape index (κ3) is 3.36. The lowest BCUT2D eigenvalue weighted by Crippen LogP contribution is -2.26. The summed E-state index contributed by atoms with van der Waals surface area (Å²) in [6.07, 6.45) is 2.31. The van der Waals surface area contributed by atoms with Crippen molar-refractivity contribution in [3.05, 3.63) is 58.4 Å². The van der Waals surface area contributed by atoms with Crippen molar-refractivity contribution in [3.63, 3.8) is 0 Å². The fourth-order valence-electron chi connectivity index (χ4n) is 2.25. The maximum atomic E-state index is 12.3. The van der Waals surface area contributed by atoms with Gasteiger partial charge >= 0.3 is 0 Å². The van der Waals surface area contributed by atoms with Crippen molar-refractivity contribution in [3.8, 4) is 11.3 Å². The van der Waals surface area contributed by atoms with Gasteiger partial charge in [0, 0.05) is 19.2 Å². The van der Waals surface area contributed by atoms with E-state index in [9.17, 15) is 4.79 Å². The normalized spacial score (nSPS) is 10.7. The van der Waals surface area contributed by atoms with Crippen molar-refractivity contribution < 1.29 is 0 Å². The minimum absolute atomic E-state index is 0.0790. The van der Waals surface area contributed by atoms with Crippen molar-refractivity contribution in [2.45, 2.75) is 26.3 Å². The van der Waals surface area contributed by atoms with Crippen molar-refractivity contribution in [2.24, 2.45) is 7.05 Å². The monoisotopic (exact) mass is 270 g/mol. The van der Waals surface area contributed by atoms with Gasteiger partial charge in [0.25, 0.3) is 5.56 Å². The average Bonchev–Trinajstić information content (AvgIpc) is 2.49. The van der Waals surface area contributed by atoms with E-state index in [1.165, 1.54) is 0 Å². The zero-order chi connectivity index (χ0) is 14.4. The molecule has 20 heavy (non-hydrogen) atoms. The summed E-state index contributed by atoms with van der Waals surface area (Å²) < 4.78 is 1.73. The molecule has 0 saturated carbocycles. The zero-order valence-electron chi connectivity index (χ0n) is 12.2. The number of hydrogen-bond donors (Lipinski definition) is 1. The molecule has 1 N–H and O–H groups in total. The van der Waals surface area contributed by atoms with Crippen molar-refractivity contribution >= 4 is 0 Å². The summed E-state index contributed by atoms with van der Waals surface area (Å²) in [5.74, 6) is 0. The number of nitrogens with one attached hydrogen (secondary N) is 1. The van der Waals surface area contributed by atoms with Gasteiger partial charge in [-0.15, -0.1) is 0 Å². The van der Waals surface area contributed by atoms with Crippen LogP contribution >= 0.6 is 0 Å². The van der Waals surface area contributed by atoms with Crippen LogP contribution in [0.1, 0.15) is 25.3 Å². The van der Waals surface area contributed by atoms with Gasteiger partial charge < -0.3 is 9.88 Å². The molecule has 0 saturated heterocycles. The fourth-order valence-corrected chi connectivity index (χ4v) is 2.25. The molecule has 0 spiro atoms. The highest BCUT2D eigenvalue weighted by Crippen LogP contribution is 2.16. The summed E-state index contributed by atoms with van der Waals surface area (Å²) in [5.41, 5.74) is 2.92. The molecule has 0 aliphatic carbocycles. The molecular weight excluding hydrogens is 248 g/mol. The quantitative estimate of drug-likeness (QED) is 0.819. The molecule has 2 rings (SSSR count). The lowest BCUT2D eigenvalue weighted by Gasteiger charge is -2.11. The lowest BCUT2D eigenvalue weighted by molar-refractivity contribution is 0.634. The number of unbranched alkanes of at least 4 members (excludes halogenated alkanes) is 1. The molecule has 0 atom stereocenters. The minimum Gasteiger partial charge on any atom is -0.312 e. The number of benzene rings is 1. The molecule has 0 radical (unpaired) electrons. The molecule has 0 aliphatic heterocycles. The Morgan fingerprint density at radius 3 is 2.55 bits per heavy atom.